The van der Waals surface area contributed by atoms with Crippen molar-refractivity contribution in [3.05, 3.63) is 0 Å². The van der Waals surface area contributed by atoms with Gasteiger partial charge >= 0.3 is 0 Å². The fraction of sp³-hybridized carbons (Fsp3) is 0.909. The number of likely N-dealkylation sites (N-methyl/N-ethyl adjacent to an activating group) is 1. The number of hydrogen-bond donors (Lipinski definition) is 1. The molecule has 0 saturated carbocycles. The molecule has 1 aliphatic heterocycles. The molecule has 0 spiro atoms. The summed E-state index contributed by atoms with van der Waals surface area (Å²) in [5.74, 6) is 0.0201. The zero-order valence-corrected chi connectivity index (χ0v) is 9.74. The second-order valence-electron chi connectivity index (χ2n) is 4.22. The van der Waals surface area contributed by atoms with Gasteiger partial charge in [-0.2, -0.15) is 0 Å². The minimum absolute atomic E-state index is 0.0201. The fourth-order valence-corrected chi connectivity index (χ4v) is 1.80. The molecule has 2 N–H and O–H groups in total. The Labute approximate surface area is 91.8 Å². The van der Waals surface area contributed by atoms with Gasteiger partial charge in [-0.15, -0.1) is 0 Å². The van der Waals surface area contributed by atoms with Crippen molar-refractivity contribution in [2.75, 3.05) is 20.2 Å². The van der Waals surface area contributed by atoms with E-state index >= 15 is 0 Å². The third-order valence-electron chi connectivity index (χ3n) is 2.88. The first-order valence-electron chi connectivity index (χ1n) is 5.77. The standard InChI is InChI=1S/C11H22N2O2/c1-3-10(12)11(14)13(2)8-9-6-4-5-7-15-9/h9-10H,3-8,12H2,1-2H3/t9-,10+/m1/s1. The van der Waals surface area contributed by atoms with Gasteiger partial charge in [-0.05, 0) is 25.7 Å². The van der Waals surface area contributed by atoms with Gasteiger partial charge in [-0.1, -0.05) is 6.92 Å². The summed E-state index contributed by atoms with van der Waals surface area (Å²) < 4.78 is 5.58. The quantitative estimate of drug-likeness (QED) is 0.751. The van der Waals surface area contributed by atoms with E-state index in [1.165, 1.54) is 6.42 Å². The van der Waals surface area contributed by atoms with E-state index in [1.54, 1.807) is 11.9 Å². The number of nitrogens with zero attached hydrogens (tertiary/aromatic N) is 1. The molecule has 0 unspecified atom stereocenters. The van der Waals surface area contributed by atoms with Gasteiger partial charge in [0.05, 0.1) is 12.1 Å². The molecular formula is C11H22N2O2. The summed E-state index contributed by atoms with van der Waals surface area (Å²) >= 11 is 0. The van der Waals surface area contributed by atoms with Crippen LogP contribution in [0.25, 0.3) is 0 Å². The van der Waals surface area contributed by atoms with Crippen molar-refractivity contribution in [3.8, 4) is 0 Å². The summed E-state index contributed by atoms with van der Waals surface area (Å²) in [6, 6.07) is -0.362. The van der Waals surface area contributed by atoms with Gasteiger partial charge in [0.15, 0.2) is 0 Å². The van der Waals surface area contributed by atoms with Crippen molar-refractivity contribution in [2.45, 2.75) is 44.8 Å². The van der Waals surface area contributed by atoms with Gasteiger partial charge < -0.3 is 15.4 Å². The molecule has 0 aromatic heterocycles. The molecule has 0 aromatic rings. The van der Waals surface area contributed by atoms with E-state index in [-0.39, 0.29) is 18.1 Å². The zero-order chi connectivity index (χ0) is 11.3. The SMILES string of the molecule is CC[C@H](N)C(=O)N(C)C[C@H]1CCCCO1. The maximum absolute atomic E-state index is 11.7. The van der Waals surface area contributed by atoms with Crippen molar-refractivity contribution in [3.63, 3.8) is 0 Å². The Hall–Kier alpha value is -0.610. The Morgan fingerprint density at radius 3 is 2.87 bits per heavy atom. The van der Waals surface area contributed by atoms with Crippen molar-refractivity contribution in [2.24, 2.45) is 5.73 Å². The lowest BCUT2D eigenvalue weighted by Crippen LogP contribution is -2.45. The lowest BCUT2D eigenvalue weighted by molar-refractivity contribution is -0.133. The maximum Gasteiger partial charge on any atom is 0.239 e. The van der Waals surface area contributed by atoms with E-state index in [9.17, 15) is 4.79 Å². The highest BCUT2D eigenvalue weighted by Gasteiger charge is 2.21. The third-order valence-corrected chi connectivity index (χ3v) is 2.88. The maximum atomic E-state index is 11.7. The Morgan fingerprint density at radius 1 is 1.60 bits per heavy atom. The lowest BCUT2D eigenvalue weighted by Gasteiger charge is -2.28. The highest BCUT2D eigenvalue weighted by molar-refractivity contribution is 5.81. The molecule has 88 valence electrons. The van der Waals surface area contributed by atoms with Gasteiger partial charge in [0.2, 0.25) is 5.91 Å². The van der Waals surface area contributed by atoms with Crippen LogP contribution in [0.15, 0.2) is 0 Å². The van der Waals surface area contributed by atoms with Crippen LogP contribution in [0.1, 0.15) is 32.6 Å². The van der Waals surface area contributed by atoms with E-state index in [1.807, 2.05) is 6.92 Å². The fourth-order valence-electron chi connectivity index (χ4n) is 1.80. The molecule has 2 atom stereocenters. The van der Waals surface area contributed by atoms with Crippen molar-refractivity contribution >= 4 is 5.91 Å². The summed E-state index contributed by atoms with van der Waals surface area (Å²) in [5, 5.41) is 0. The smallest absolute Gasteiger partial charge is 0.239 e. The normalized spacial score (nSPS) is 23.5. The van der Waals surface area contributed by atoms with E-state index in [0.717, 1.165) is 19.4 Å². The number of carbonyl (C=O) groups excluding carboxylic acids is 1. The zero-order valence-electron chi connectivity index (χ0n) is 9.74. The van der Waals surface area contributed by atoms with Gasteiger partial charge in [0.25, 0.3) is 0 Å². The molecule has 1 fully saturated rings. The summed E-state index contributed by atoms with van der Waals surface area (Å²) in [7, 11) is 1.80. The number of hydrogen-bond acceptors (Lipinski definition) is 3. The van der Waals surface area contributed by atoms with Crippen molar-refractivity contribution < 1.29 is 9.53 Å². The highest BCUT2D eigenvalue weighted by Crippen LogP contribution is 2.13. The van der Waals surface area contributed by atoms with E-state index < -0.39 is 0 Å². The number of ether oxygens (including phenoxy) is 1. The Balaban J connectivity index is 2.33. The monoisotopic (exact) mass is 214 g/mol. The first-order valence-corrected chi connectivity index (χ1v) is 5.77. The van der Waals surface area contributed by atoms with Gasteiger partial charge in [-0.25, -0.2) is 0 Å². The molecule has 1 rings (SSSR count). The topological polar surface area (TPSA) is 55.6 Å². The average Bonchev–Trinajstić information content (AvgIpc) is 2.28. The van der Waals surface area contributed by atoms with Crippen molar-refractivity contribution in [1.29, 1.82) is 0 Å². The Bertz CT molecular complexity index is 203. The summed E-state index contributed by atoms with van der Waals surface area (Å²) in [6.45, 7) is 3.42. The van der Waals surface area contributed by atoms with E-state index in [2.05, 4.69) is 0 Å². The van der Waals surface area contributed by atoms with Crippen molar-refractivity contribution in [1.82, 2.24) is 4.90 Å². The molecule has 4 heteroatoms. The molecule has 0 aliphatic carbocycles. The van der Waals surface area contributed by atoms with Crippen LogP contribution >= 0.6 is 0 Å². The number of amides is 1. The van der Waals surface area contributed by atoms with Crippen LogP contribution in [-0.4, -0.2) is 43.2 Å². The molecule has 1 heterocycles. The molecular weight excluding hydrogens is 192 g/mol. The van der Waals surface area contributed by atoms with E-state index in [4.69, 9.17) is 10.5 Å². The predicted octanol–water partition coefficient (Wildman–Crippen LogP) is 0.751. The Kier molecular flexibility index (Phi) is 5.05. The van der Waals surface area contributed by atoms with E-state index in [0.29, 0.717) is 13.0 Å². The Morgan fingerprint density at radius 2 is 2.33 bits per heavy atom. The summed E-state index contributed by atoms with van der Waals surface area (Å²) in [6.07, 6.45) is 4.29. The molecule has 1 aliphatic rings. The lowest BCUT2D eigenvalue weighted by atomic mass is 10.1. The van der Waals surface area contributed by atoms with Crippen LogP contribution in [0.3, 0.4) is 0 Å². The van der Waals surface area contributed by atoms with Crippen LogP contribution in [0, 0.1) is 0 Å². The summed E-state index contributed by atoms with van der Waals surface area (Å²) in [4.78, 5) is 13.4. The first-order chi connectivity index (χ1) is 7.15. The van der Waals surface area contributed by atoms with Crippen LogP contribution in [-0.2, 0) is 9.53 Å². The average molecular weight is 214 g/mol. The second-order valence-corrected chi connectivity index (χ2v) is 4.22. The molecule has 4 nitrogen and oxygen atoms in total. The van der Waals surface area contributed by atoms with Gasteiger partial charge in [-0.3, -0.25) is 4.79 Å². The third kappa shape index (κ3) is 3.80. The van der Waals surface area contributed by atoms with Crippen LogP contribution in [0.5, 0.6) is 0 Å². The van der Waals surface area contributed by atoms with Gasteiger partial charge in [0.1, 0.15) is 0 Å². The van der Waals surface area contributed by atoms with Crippen LogP contribution in [0.2, 0.25) is 0 Å². The molecule has 1 amide bonds. The summed E-state index contributed by atoms with van der Waals surface area (Å²) in [5.41, 5.74) is 5.69. The molecule has 1 saturated heterocycles. The minimum atomic E-state index is -0.362. The predicted molar refractivity (Wildman–Crippen MR) is 59.5 cm³/mol. The highest BCUT2D eigenvalue weighted by atomic mass is 16.5. The molecule has 0 radical (unpaired) electrons. The molecule has 15 heavy (non-hydrogen) atoms. The van der Waals surface area contributed by atoms with Crippen LogP contribution in [0.4, 0.5) is 0 Å². The first kappa shape index (κ1) is 12.5. The molecule has 0 bridgehead atoms. The molecule has 0 aromatic carbocycles. The number of carbonyl (C=O) groups is 1. The van der Waals surface area contributed by atoms with Gasteiger partial charge in [0, 0.05) is 20.2 Å². The minimum Gasteiger partial charge on any atom is -0.376 e. The number of nitrogens with two attached hydrogens (primary N) is 1. The van der Waals surface area contributed by atoms with Crippen LogP contribution < -0.4 is 5.73 Å². The number of rotatable bonds is 4. The second kappa shape index (κ2) is 6.08. The largest absolute Gasteiger partial charge is 0.376 e.